The third kappa shape index (κ3) is 3.55. The van der Waals surface area contributed by atoms with Gasteiger partial charge >= 0.3 is 0 Å². The monoisotopic (exact) mass is 452 g/mol. The molecule has 0 spiro atoms. The minimum Gasteiger partial charge on any atom is -0.460 e. The van der Waals surface area contributed by atoms with Crippen LogP contribution in [-0.4, -0.2) is 9.97 Å². The predicted octanol–water partition coefficient (Wildman–Crippen LogP) is 6.23. The SMILES string of the molecule is Brc1cc2c(c(CSc3nc4ccccc4[nH]3)c1)O[C@H](c1ccccc1)OC2. The van der Waals surface area contributed by atoms with E-state index in [1.54, 1.807) is 11.8 Å². The van der Waals surface area contributed by atoms with E-state index in [0.717, 1.165) is 48.9 Å². The van der Waals surface area contributed by atoms with Crippen molar-refractivity contribution in [3.63, 3.8) is 0 Å². The Hall–Kier alpha value is -2.28. The van der Waals surface area contributed by atoms with Crippen LogP contribution in [0.2, 0.25) is 0 Å². The van der Waals surface area contributed by atoms with Crippen molar-refractivity contribution in [2.24, 2.45) is 0 Å². The lowest BCUT2D eigenvalue weighted by Crippen LogP contribution is -2.19. The summed E-state index contributed by atoms with van der Waals surface area (Å²) in [6.07, 6.45) is -0.384. The van der Waals surface area contributed by atoms with Crippen molar-refractivity contribution in [2.75, 3.05) is 0 Å². The highest BCUT2D eigenvalue weighted by Gasteiger charge is 2.25. The molecule has 3 aromatic carbocycles. The maximum Gasteiger partial charge on any atom is 0.227 e. The molecule has 1 N–H and O–H groups in total. The van der Waals surface area contributed by atoms with Gasteiger partial charge in [-0.2, -0.15) is 0 Å². The van der Waals surface area contributed by atoms with Crippen LogP contribution >= 0.6 is 27.7 Å². The van der Waals surface area contributed by atoms with Gasteiger partial charge in [0.1, 0.15) is 5.75 Å². The number of H-pyrrole nitrogens is 1. The molecule has 0 radical (unpaired) electrons. The van der Waals surface area contributed by atoms with Gasteiger partial charge in [-0.15, -0.1) is 0 Å². The third-order valence-electron chi connectivity index (χ3n) is 4.63. The van der Waals surface area contributed by atoms with E-state index in [1.165, 1.54) is 0 Å². The molecule has 0 fully saturated rings. The van der Waals surface area contributed by atoms with Crippen LogP contribution in [0.15, 0.2) is 76.4 Å². The molecule has 0 saturated heterocycles. The van der Waals surface area contributed by atoms with Gasteiger partial charge in [0.25, 0.3) is 0 Å². The lowest BCUT2D eigenvalue weighted by molar-refractivity contribution is -0.111. The topological polar surface area (TPSA) is 47.1 Å². The number of para-hydroxylation sites is 2. The first-order chi connectivity index (χ1) is 13.8. The summed E-state index contributed by atoms with van der Waals surface area (Å²) in [6.45, 7) is 0.524. The van der Waals surface area contributed by atoms with Crippen molar-refractivity contribution in [3.05, 3.63) is 87.9 Å². The maximum absolute atomic E-state index is 6.26. The van der Waals surface area contributed by atoms with E-state index in [9.17, 15) is 0 Å². The number of thioether (sulfide) groups is 1. The van der Waals surface area contributed by atoms with E-state index in [2.05, 4.69) is 38.0 Å². The highest BCUT2D eigenvalue weighted by atomic mass is 79.9. The summed E-state index contributed by atoms with van der Waals surface area (Å²) in [6, 6.07) is 22.3. The van der Waals surface area contributed by atoms with Gasteiger partial charge in [-0.3, -0.25) is 0 Å². The standard InChI is InChI=1S/C22H17BrN2O2S/c23-17-10-15-12-26-21(14-6-2-1-3-7-14)27-20(15)16(11-17)13-28-22-24-18-8-4-5-9-19(18)25-22/h1-11,21H,12-13H2,(H,24,25)/t21-/m1/s1. The van der Waals surface area contributed by atoms with Crippen LogP contribution in [0.5, 0.6) is 5.75 Å². The minimum absolute atomic E-state index is 0.384. The quantitative estimate of drug-likeness (QED) is 0.373. The molecule has 0 aliphatic carbocycles. The molecule has 4 aromatic rings. The predicted molar refractivity (Wildman–Crippen MR) is 114 cm³/mol. The summed E-state index contributed by atoms with van der Waals surface area (Å²) in [4.78, 5) is 8.02. The second-order valence-electron chi connectivity index (χ2n) is 6.57. The number of aromatic amines is 1. The summed E-state index contributed by atoms with van der Waals surface area (Å²) in [7, 11) is 0. The number of hydrogen-bond acceptors (Lipinski definition) is 4. The molecule has 1 atom stereocenters. The normalized spacial score (nSPS) is 16.0. The van der Waals surface area contributed by atoms with Crippen LogP contribution in [0.3, 0.4) is 0 Å². The van der Waals surface area contributed by atoms with E-state index < -0.39 is 0 Å². The summed E-state index contributed by atoms with van der Waals surface area (Å²) in [5.41, 5.74) is 5.23. The Morgan fingerprint density at radius 2 is 1.89 bits per heavy atom. The molecule has 0 bridgehead atoms. The molecule has 0 unspecified atom stereocenters. The summed E-state index contributed by atoms with van der Waals surface area (Å²) < 4.78 is 13.2. The van der Waals surface area contributed by atoms with E-state index in [4.69, 9.17) is 9.47 Å². The van der Waals surface area contributed by atoms with Crippen molar-refractivity contribution in [2.45, 2.75) is 23.8 Å². The molecular formula is C22H17BrN2O2S. The number of halogens is 1. The molecule has 28 heavy (non-hydrogen) atoms. The van der Waals surface area contributed by atoms with Gasteiger partial charge in [0.15, 0.2) is 5.16 Å². The van der Waals surface area contributed by atoms with Crippen LogP contribution in [0.25, 0.3) is 11.0 Å². The van der Waals surface area contributed by atoms with Crippen molar-refractivity contribution in [3.8, 4) is 5.75 Å². The fourth-order valence-electron chi connectivity index (χ4n) is 3.30. The Balaban J connectivity index is 1.41. The number of imidazole rings is 1. The second-order valence-corrected chi connectivity index (χ2v) is 8.45. The fraction of sp³-hybridized carbons (Fsp3) is 0.136. The highest BCUT2D eigenvalue weighted by Crippen LogP contribution is 2.40. The largest absolute Gasteiger partial charge is 0.460 e. The average Bonchev–Trinajstić information content (AvgIpc) is 3.15. The zero-order valence-corrected chi connectivity index (χ0v) is 17.3. The van der Waals surface area contributed by atoms with E-state index >= 15 is 0 Å². The molecule has 1 aliphatic rings. The number of rotatable bonds is 4. The van der Waals surface area contributed by atoms with Crippen LogP contribution in [0, 0.1) is 0 Å². The lowest BCUT2D eigenvalue weighted by Gasteiger charge is -2.28. The van der Waals surface area contributed by atoms with Crippen molar-refractivity contribution in [1.82, 2.24) is 9.97 Å². The molecule has 4 nitrogen and oxygen atoms in total. The zero-order chi connectivity index (χ0) is 18.9. The van der Waals surface area contributed by atoms with Gasteiger partial charge in [0.2, 0.25) is 6.29 Å². The van der Waals surface area contributed by atoms with Gasteiger partial charge in [-0.25, -0.2) is 4.98 Å². The fourth-order valence-corrected chi connectivity index (χ4v) is 4.71. The number of hydrogen-bond donors (Lipinski definition) is 1. The highest BCUT2D eigenvalue weighted by molar-refractivity contribution is 9.10. The van der Waals surface area contributed by atoms with E-state index in [0.29, 0.717) is 6.61 Å². The first-order valence-electron chi connectivity index (χ1n) is 8.98. The number of benzene rings is 3. The van der Waals surface area contributed by atoms with Crippen molar-refractivity contribution < 1.29 is 9.47 Å². The first kappa shape index (κ1) is 17.8. The molecule has 0 saturated carbocycles. The van der Waals surface area contributed by atoms with E-state index in [-0.39, 0.29) is 6.29 Å². The summed E-state index contributed by atoms with van der Waals surface area (Å²) in [5, 5.41) is 0.904. The van der Waals surface area contributed by atoms with Crippen molar-refractivity contribution >= 4 is 38.7 Å². The number of aromatic nitrogens is 2. The molecular weight excluding hydrogens is 436 g/mol. The van der Waals surface area contributed by atoms with Gasteiger partial charge in [0, 0.05) is 26.9 Å². The maximum atomic E-state index is 6.26. The molecule has 6 heteroatoms. The molecule has 1 aromatic heterocycles. The van der Waals surface area contributed by atoms with Crippen LogP contribution in [0.1, 0.15) is 23.0 Å². The summed E-state index contributed by atoms with van der Waals surface area (Å²) in [5.74, 6) is 1.66. The zero-order valence-electron chi connectivity index (χ0n) is 14.9. The lowest BCUT2D eigenvalue weighted by atomic mass is 10.1. The third-order valence-corrected chi connectivity index (χ3v) is 6.01. The Morgan fingerprint density at radius 3 is 2.75 bits per heavy atom. The number of nitrogens with zero attached hydrogens (tertiary/aromatic N) is 1. The Bertz CT molecular complexity index is 1100. The Morgan fingerprint density at radius 1 is 1.07 bits per heavy atom. The minimum atomic E-state index is -0.384. The smallest absolute Gasteiger partial charge is 0.227 e. The summed E-state index contributed by atoms with van der Waals surface area (Å²) >= 11 is 5.28. The number of ether oxygens (including phenoxy) is 2. The van der Waals surface area contributed by atoms with Crippen LogP contribution < -0.4 is 4.74 Å². The van der Waals surface area contributed by atoms with Crippen LogP contribution in [0.4, 0.5) is 0 Å². The van der Waals surface area contributed by atoms with Gasteiger partial charge in [-0.1, -0.05) is 70.2 Å². The first-order valence-corrected chi connectivity index (χ1v) is 10.8. The molecule has 2 heterocycles. The Labute approximate surface area is 175 Å². The van der Waals surface area contributed by atoms with E-state index in [1.807, 2.05) is 54.6 Å². The number of nitrogens with one attached hydrogen (secondary N) is 1. The van der Waals surface area contributed by atoms with Gasteiger partial charge in [-0.05, 0) is 24.3 Å². The second kappa shape index (κ2) is 7.62. The number of fused-ring (bicyclic) bond motifs is 2. The van der Waals surface area contributed by atoms with Gasteiger partial charge < -0.3 is 14.5 Å². The molecule has 5 rings (SSSR count). The average molecular weight is 453 g/mol. The van der Waals surface area contributed by atoms with Gasteiger partial charge in [0.05, 0.1) is 17.6 Å². The molecule has 140 valence electrons. The molecule has 1 aliphatic heterocycles. The van der Waals surface area contributed by atoms with Crippen LogP contribution in [-0.2, 0) is 17.1 Å². The Kier molecular flexibility index (Phi) is 4.84. The molecule has 0 amide bonds. The van der Waals surface area contributed by atoms with Crippen molar-refractivity contribution in [1.29, 1.82) is 0 Å².